The molecule has 0 unspecified atom stereocenters. The molecule has 7 heteroatoms. The van der Waals surface area contributed by atoms with Crippen molar-refractivity contribution in [1.82, 2.24) is 10.2 Å². The Morgan fingerprint density at radius 3 is 2.61 bits per heavy atom. The summed E-state index contributed by atoms with van der Waals surface area (Å²) in [6, 6.07) is 4.19. The minimum Gasteiger partial charge on any atom is -0.350 e. The maximum atomic E-state index is 13.3. The fourth-order valence-corrected chi connectivity index (χ4v) is 3.63. The molecule has 2 rings (SSSR count). The molecule has 2 aromatic rings. The molecule has 0 saturated heterocycles. The summed E-state index contributed by atoms with van der Waals surface area (Å²) in [5.74, 6) is -0.996. The van der Waals surface area contributed by atoms with E-state index in [1.165, 1.54) is 24.1 Å². The molecule has 0 bridgehead atoms. The van der Waals surface area contributed by atoms with E-state index in [0.717, 1.165) is 11.3 Å². The molecule has 1 N–H and O–H groups in total. The van der Waals surface area contributed by atoms with Crippen LogP contribution in [0.5, 0.6) is 0 Å². The van der Waals surface area contributed by atoms with Crippen molar-refractivity contribution in [3.05, 3.63) is 33.9 Å². The van der Waals surface area contributed by atoms with Gasteiger partial charge >= 0.3 is 0 Å². The normalized spacial score (nSPS) is 11.6. The molecular formula is C16H18ClFN2O2S. The van der Waals surface area contributed by atoms with Crippen LogP contribution < -0.4 is 5.32 Å². The highest BCUT2D eigenvalue weighted by atomic mass is 35.5. The van der Waals surface area contributed by atoms with E-state index in [9.17, 15) is 14.0 Å². The van der Waals surface area contributed by atoms with Crippen molar-refractivity contribution in [2.24, 2.45) is 0 Å². The minimum absolute atomic E-state index is 0.0744. The number of nitrogens with zero attached hydrogens (tertiary/aromatic N) is 1. The van der Waals surface area contributed by atoms with Gasteiger partial charge in [0, 0.05) is 22.7 Å². The van der Waals surface area contributed by atoms with Gasteiger partial charge in [0.2, 0.25) is 5.91 Å². The molecule has 0 aliphatic heterocycles. The molecule has 0 spiro atoms. The first-order valence-corrected chi connectivity index (χ1v) is 8.22. The summed E-state index contributed by atoms with van der Waals surface area (Å²) in [5.41, 5.74) is -0.367. The van der Waals surface area contributed by atoms with E-state index in [0.29, 0.717) is 15.0 Å². The lowest BCUT2D eigenvalue weighted by Crippen LogP contribution is -2.46. The summed E-state index contributed by atoms with van der Waals surface area (Å²) in [5, 5.41) is 3.72. The van der Waals surface area contributed by atoms with Crippen molar-refractivity contribution in [3.8, 4) is 0 Å². The highest BCUT2D eigenvalue weighted by Crippen LogP contribution is 2.36. The zero-order chi connectivity index (χ0) is 17.4. The second kappa shape index (κ2) is 6.45. The Morgan fingerprint density at radius 2 is 2.00 bits per heavy atom. The Labute approximate surface area is 143 Å². The maximum Gasteiger partial charge on any atom is 0.265 e. The van der Waals surface area contributed by atoms with Gasteiger partial charge in [-0.3, -0.25) is 9.59 Å². The monoisotopic (exact) mass is 356 g/mol. The Balaban J connectivity index is 2.20. The number of fused-ring (bicyclic) bond motifs is 1. The predicted molar refractivity (Wildman–Crippen MR) is 91.6 cm³/mol. The van der Waals surface area contributed by atoms with Crippen molar-refractivity contribution in [2.75, 3.05) is 13.6 Å². The molecule has 1 aromatic heterocycles. The van der Waals surface area contributed by atoms with Gasteiger partial charge in [0.1, 0.15) is 10.7 Å². The molecule has 2 amide bonds. The SMILES string of the molecule is CN(CC(=O)NC(C)(C)C)C(=O)c1sc2cc(F)ccc2c1Cl. The second-order valence-electron chi connectivity index (χ2n) is 6.35. The Kier molecular flexibility index (Phi) is 4.96. The molecular weight excluding hydrogens is 339 g/mol. The van der Waals surface area contributed by atoms with Gasteiger partial charge in [-0.15, -0.1) is 11.3 Å². The first kappa shape index (κ1) is 17.7. The number of thiophene rings is 1. The van der Waals surface area contributed by atoms with Crippen LogP contribution in [0.15, 0.2) is 18.2 Å². The maximum absolute atomic E-state index is 13.3. The van der Waals surface area contributed by atoms with Crippen LogP contribution in [0.4, 0.5) is 4.39 Å². The number of likely N-dealkylation sites (N-methyl/N-ethyl adjacent to an activating group) is 1. The van der Waals surface area contributed by atoms with Crippen LogP contribution in [0.25, 0.3) is 10.1 Å². The van der Waals surface area contributed by atoms with E-state index in [1.807, 2.05) is 20.8 Å². The van der Waals surface area contributed by atoms with Gasteiger partial charge in [-0.25, -0.2) is 4.39 Å². The number of halogens is 2. The van der Waals surface area contributed by atoms with Crippen molar-refractivity contribution in [3.63, 3.8) is 0 Å². The Bertz CT molecular complexity index is 767. The number of hydrogen-bond acceptors (Lipinski definition) is 3. The van der Waals surface area contributed by atoms with Crippen LogP contribution in [0.1, 0.15) is 30.4 Å². The Hall–Kier alpha value is -1.66. The van der Waals surface area contributed by atoms with Gasteiger partial charge < -0.3 is 10.2 Å². The van der Waals surface area contributed by atoms with Crippen LogP contribution in [0.2, 0.25) is 5.02 Å². The molecule has 0 fully saturated rings. The van der Waals surface area contributed by atoms with Crippen molar-refractivity contribution >= 4 is 44.8 Å². The number of rotatable bonds is 3. The van der Waals surface area contributed by atoms with Crippen LogP contribution in [-0.2, 0) is 4.79 Å². The van der Waals surface area contributed by atoms with E-state index in [4.69, 9.17) is 11.6 Å². The first-order chi connectivity index (χ1) is 10.6. The van der Waals surface area contributed by atoms with Gasteiger partial charge in [0.05, 0.1) is 11.6 Å². The highest BCUT2D eigenvalue weighted by Gasteiger charge is 2.23. The third kappa shape index (κ3) is 4.20. The molecule has 0 atom stereocenters. The summed E-state index contributed by atoms with van der Waals surface area (Å²) >= 11 is 7.35. The number of hydrogen-bond donors (Lipinski definition) is 1. The van der Waals surface area contributed by atoms with E-state index >= 15 is 0 Å². The summed E-state index contributed by atoms with van der Waals surface area (Å²) in [6.07, 6.45) is 0. The van der Waals surface area contributed by atoms with Gasteiger partial charge in [-0.2, -0.15) is 0 Å². The lowest BCUT2D eigenvalue weighted by Gasteiger charge is -2.23. The largest absolute Gasteiger partial charge is 0.350 e. The third-order valence-electron chi connectivity index (χ3n) is 3.03. The van der Waals surface area contributed by atoms with Crippen LogP contribution >= 0.6 is 22.9 Å². The second-order valence-corrected chi connectivity index (χ2v) is 7.78. The molecule has 0 radical (unpaired) electrons. The van der Waals surface area contributed by atoms with Crippen LogP contribution in [0, 0.1) is 5.82 Å². The highest BCUT2D eigenvalue weighted by molar-refractivity contribution is 7.21. The average molecular weight is 357 g/mol. The number of carbonyl (C=O) groups excluding carboxylic acids is 2. The standard InChI is InChI=1S/C16H18ClFN2O2S/c1-16(2,3)19-12(21)8-20(4)15(22)14-13(17)10-6-5-9(18)7-11(10)23-14/h5-7H,8H2,1-4H3,(H,19,21). The third-order valence-corrected chi connectivity index (χ3v) is 4.67. The summed E-state index contributed by atoms with van der Waals surface area (Å²) < 4.78 is 13.9. The molecule has 0 aliphatic rings. The van der Waals surface area contributed by atoms with Gasteiger partial charge in [-0.1, -0.05) is 11.6 Å². The van der Waals surface area contributed by atoms with Gasteiger partial charge in [0.15, 0.2) is 0 Å². The van der Waals surface area contributed by atoms with Crippen molar-refractivity contribution < 1.29 is 14.0 Å². The van der Waals surface area contributed by atoms with Crippen LogP contribution in [-0.4, -0.2) is 35.8 Å². The molecule has 0 saturated carbocycles. The summed E-state index contributed by atoms with van der Waals surface area (Å²) in [6.45, 7) is 5.52. The molecule has 23 heavy (non-hydrogen) atoms. The zero-order valence-electron chi connectivity index (χ0n) is 13.4. The number of amides is 2. The first-order valence-electron chi connectivity index (χ1n) is 7.02. The number of carbonyl (C=O) groups is 2. The number of nitrogens with one attached hydrogen (secondary N) is 1. The molecule has 4 nitrogen and oxygen atoms in total. The Morgan fingerprint density at radius 1 is 1.35 bits per heavy atom. The minimum atomic E-state index is -0.382. The zero-order valence-corrected chi connectivity index (χ0v) is 14.9. The fourth-order valence-electron chi connectivity index (χ4n) is 2.09. The van der Waals surface area contributed by atoms with Gasteiger partial charge in [-0.05, 0) is 39.0 Å². The van der Waals surface area contributed by atoms with E-state index in [-0.39, 0.29) is 34.7 Å². The van der Waals surface area contributed by atoms with E-state index < -0.39 is 0 Å². The lowest BCUT2D eigenvalue weighted by atomic mass is 10.1. The molecule has 1 aromatic carbocycles. The molecule has 124 valence electrons. The van der Waals surface area contributed by atoms with Crippen molar-refractivity contribution in [2.45, 2.75) is 26.3 Å². The van der Waals surface area contributed by atoms with E-state index in [2.05, 4.69) is 5.32 Å². The van der Waals surface area contributed by atoms with Crippen LogP contribution in [0.3, 0.4) is 0 Å². The summed E-state index contributed by atoms with van der Waals surface area (Å²) in [4.78, 5) is 26.0. The predicted octanol–water partition coefficient (Wildman–Crippen LogP) is 3.68. The van der Waals surface area contributed by atoms with Gasteiger partial charge in [0.25, 0.3) is 5.91 Å². The van der Waals surface area contributed by atoms with Crippen molar-refractivity contribution in [1.29, 1.82) is 0 Å². The van der Waals surface area contributed by atoms with E-state index in [1.54, 1.807) is 6.07 Å². The quantitative estimate of drug-likeness (QED) is 0.912. The molecule has 1 heterocycles. The average Bonchev–Trinajstić information content (AvgIpc) is 2.72. The topological polar surface area (TPSA) is 49.4 Å². The fraction of sp³-hybridized carbons (Fsp3) is 0.375. The molecule has 0 aliphatic carbocycles. The smallest absolute Gasteiger partial charge is 0.265 e. The lowest BCUT2D eigenvalue weighted by molar-refractivity contribution is -0.122. The number of benzene rings is 1. The summed E-state index contributed by atoms with van der Waals surface area (Å²) in [7, 11) is 1.53.